The second-order valence-electron chi connectivity index (χ2n) is 29.5. The average molecular weight is 953 g/mol. The lowest BCUT2D eigenvalue weighted by molar-refractivity contribution is -0.0769. The quantitative estimate of drug-likeness (QED) is 0.193. The summed E-state index contributed by atoms with van der Waals surface area (Å²) in [6.45, 7) is 15.4. The first-order chi connectivity index (χ1) is 33.6. The fourth-order valence-corrected chi connectivity index (χ4v) is 20.2. The average Bonchev–Trinajstić information content (AvgIpc) is 3.37. The van der Waals surface area contributed by atoms with Crippen LogP contribution in [0.25, 0.3) is 0 Å². The van der Waals surface area contributed by atoms with Gasteiger partial charge in [-0.05, 0) is 283 Å². The molecule has 0 radical (unpaired) electrons. The van der Waals surface area contributed by atoms with Gasteiger partial charge in [0.1, 0.15) is 0 Å². The molecular weight excluding hydrogens is 835 g/mol. The molecule has 0 spiro atoms. The van der Waals surface area contributed by atoms with Crippen LogP contribution in [0.1, 0.15) is 292 Å². The third-order valence-electron chi connectivity index (χ3n) is 24.8. The standard InChI is InChI=1S/C66H117N3/c1-46-7-19-52(20-8-46)55-25-37-61(38-26-55)67(58-31-13-49(4)14-32-58)64-43-65(68(59-33-15-50(5)16-34-59)62-39-27-56(28-40-62)53-21-9-47(2)10-22-53)45-66(44-64)69(60-35-17-51(6)18-36-60)63-41-29-57(30-42-63)54-23-11-48(3)12-24-54/h46-66H,7-45H2,1-6H3. The summed E-state index contributed by atoms with van der Waals surface area (Å²) in [5, 5.41) is 0. The highest BCUT2D eigenvalue weighted by atomic mass is 15.3. The molecule has 0 aromatic heterocycles. The van der Waals surface area contributed by atoms with Crippen LogP contribution < -0.4 is 0 Å². The Labute approximate surface area is 430 Å². The summed E-state index contributed by atoms with van der Waals surface area (Å²) in [5.74, 6) is 12.0. The molecule has 0 saturated heterocycles. The smallest absolute Gasteiger partial charge is 0.0131 e. The van der Waals surface area contributed by atoms with Gasteiger partial charge >= 0.3 is 0 Å². The Balaban J connectivity index is 0.957. The van der Waals surface area contributed by atoms with Crippen LogP contribution in [-0.4, -0.2) is 69.1 Å². The summed E-state index contributed by atoms with van der Waals surface area (Å²) in [6.07, 6.45) is 59.2. The zero-order valence-corrected chi connectivity index (χ0v) is 47.0. The van der Waals surface area contributed by atoms with E-state index in [1.165, 1.54) is 173 Å². The van der Waals surface area contributed by atoms with Gasteiger partial charge in [-0.1, -0.05) is 80.1 Å². The number of hydrogen-bond donors (Lipinski definition) is 0. The zero-order valence-electron chi connectivity index (χ0n) is 47.0. The molecule has 10 aliphatic rings. The first-order valence-corrected chi connectivity index (χ1v) is 32.9. The van der Waals surface area contributed by atoms with Gasteiger partial charge in [0.25, 0.3) is 0 Å². The van der Waals surface area contributed by atoms with E-state index < -0.39 is 0 Å². The van der Waals surface area contributed by atoms with Crippen LogP contribution in [0.15, 0.2) is 0 Å². The van der Waals surface area contributed by atoms with Crippen LogP contribution in [0.2, 0.25) is 0 Å². The largest absolute Gasteiger partial charge is 0.294 e. The second kappa shape index (κ2) is 24.7. The van der Waals surface area contributed by atoms with Crippen LogP contribution in [0, 0.1) is 71.0 Å². The Bertz CT molecular complexity index is 1270. The van der Waals surface area contributed by atoms with Crippen molar-refractivity contribution in [3.05, 3.63) is 0 Å². The highest BCUT2D eigenvalue weighted by Gasteiger charge is 2.49. The van der Waals surface area contributed by atoms with Gasteiger partial charge in [0.05, 0.1) is 0 Å². The number of rotatable bonds is 12. The summed E-state index contributed by atoms with van der Waals surface area (Å²) in [7, 11) is 0. The van der Waals surface area contributed by atoms with Crippen molar-refractivity contribution >= 4 is 0 Å². The molecule has 0 atom stereocenters. The number of hydrogen-bond acceptors (Lipinski definition) is 3. The van der Waals surface area contributed by atoms with Crippen molar-refractivity contribution in [3.8, 4) is 0 Å². The maximum Gasteiger partial charge on any atom is 0.0131 e. The zero-order chi connectivity index (χ0) is 47.4. The van der Waals surface area contributed by atoms with Crippen LogP contribution >= 0.6 is 0 Å². The molecule has 0 aliphatic heterocycles. The minimum atomic E-state index is 0.792. The van der Waals surface area contributed by atoms with E-state index in [1.807, 2.05) is 0 Å². The Morgan fingerprint density at radius 3 is 0.464 bits per heavy atom. The van der Waals surface area contributed by atoms with Crippen molar-refractivity contribution in [1.29, 1.82) is 0 Å². The highest BCUT2D eigenvalue weighted by molar-refractivity contribution is 5.04. The molecular formula is C66H117N3. The Kier molecular flexibility index (Phi) is 18.7. The molecule has 0 aromatic rings. The molecule has 3 nitrogen and oxygen atoms in total. The van der Waals surface area contributed by atoms with Gasteiger partial charge in [-0.25, -0.2) is 0 Å². The van der Waals surface area contributed by atoms with Crippen LogP contribution in [0.4, 0.5) is 0 Å². The molecule has 10 saturated carbocycles. The van der Waals surface area contributed by atoms with Crippen LogP contribution in [0.3, 0.4) is 0 Å². The molecule has 10 fully saturated rings. The van der Waals surface area contributed by atoms with Crippen molar-refractivity contribution in [2.45, 2.75) is 346 Å². The fourth-order valence-electron chi connectivity index (χ4n) is 20.2. The predicted octanol–water partition coefficient (Wildman–Crippen LogP) is 18.1. The molecule has 3 heteroatoms. The number of nitrogens with zero attached hydrogens (tertiary/aromatic N) is 3. The van der Waals surface area contributed by atoms with Gasteiger partial charge in [-0.15, -0.1) is 0 Å². The lowest BCUT2D eigenvalue weighted by Gasteiger charge is -2.58. The van der Waals surface area contributed by atoms with Gasteiger partial charge in [0, 0.05) is 54.4 Å². The summed E-state index contributed by atoms with van der Waals surface area (Å²) in [5.41, 5.74) is 0. The van der Waals surface area contributed by atoms with E-state index >= 15 is 0 Å². The second-order valence-corrected chi connectivity index (χ2v) is 29.5. The molecule has 0 unspecified atom stereocenters. The van der Waals surface area contributed by atoms with Gasteiger partial charge in [-0.2, -0.15) is 0 Å². The summed E-state index contributed by atoms with van der Waals surface area (Å²) >= 11 is 0. The van der Waals surface area contributed by atoms with Gasteiger partial charge in [0.15, 0.2) is 0 Å². The normalized spacial score (nSPS) is 47.9. The van der Waals surface area contributed by atoms with Crippen molar-refractivity contribution in [2.75, 3.05) is 0 Å². The molecule has 69 heavy (non-hydrogen) atoms. The Hall–Kier alpha value is -0.120. The van der Waals surface area contributed by atoms with Crippen molar-refractivity contribution < 1.29 is 0 Å². The first kappa shape index (κ1) is 52.3. The van der Waals surface area contributed by atoms with E-state index in [0.29, 0.717) is 0 Å². The predicted molar refractivity (Wildman–Crippen MR) is 296 cm³/mol. The highest BCUT2D eigenvalue weighted by Crippen LogP contribution is 2.50. The van der Waals surface area contributed by atoms with Crippen molar-refractivity contribution in [3.63, 3.8) is 0 Å². The van der Waals surface area contributed by atoms with Crippen molar-refractivity contribution in [1.82, 2.24) is 14.7 Å². The van der Waals surface area contributed by atoms with Gasteiger partial charge in [-0.3, -0.25) is 14.7 Å². The van der Waals surface area contributed by atoms with Crippen molar-refractivity contribution in [2.24, 2.45) is 71.0 Å². The van der Waals surface area contributed by atoms with Gasteiger partial charge in [0.2, 0.25) is 0 Å². The summed E-state index contributed by atoms with van der Waals surface area (Å²) in [4.78, 5) is 10.4. The lowest BCUT2D eigenvalue weighted by atomic mass is 9.69. The van der Waals surface area contributed by atoms with E-state index in [4.69, 9.17) is 0 Å². The third-order valence-corrected chi connectivity index (χ3v) is 24.8. The molecule has 396 valence electrons. The minimum Gasteiger partial charge on any atom is -0.294 e. The van der Waals surface area contributed by atoms with E-state index in [9.17, 15) is 0 Å². The topological polar surface area (TPSA) is 9.72 Å². The first-order valence-electron chi connectivity index (χ1n) is 32.9. The molecule has 10 rings (SSSR count). The monoisotopic (exact) mass is 952 g/mol. The van der Waals surface area contributed by atoms with Gasteiger partial charge < -0.3 is 0 Å². The van der Waals surface area contributed by atoms with E-state index in [2.05, 4.69) is 56.2 Å². The fraction of sp³-hybridized carbons (Fsp3) is 1.00. The third kappa shape index (κ3) is 13.1. The Morgan fingerprint density at radius 1 is 0.159 bits per heavy atom. The Morgan fingerprint density at radius 2 is 0.290 bits per heavy atom. The summed E-state index contributed by atoms with van der Waals surface area (Å²) in [6, 6.07) is 7.46. The molecule has 0 amide bonds. The molecule has 0 aromatic carbocycles. The summed E-state index contributed by atoms with van der Waals surface area (Å²) < 4.78 is 0. The lowest BCUT2D eigenvalue weighted by Crippen LogP contribution is -2.63. The van der Waals surface area contributed by atoms with Crippen LogP contribution in [-0.2, 0) is 0 Å². The molecule has 10 aliphatic carbocycles. The van der Waals surface area contributed by atoms with E-state index in [1.54, 1.807) is 77.0 Å². The van der Waals surface area contributed by atoms with E-state index in [-0.39, 0.29) is 0 Å². The minimum absolute atomic E-state index is 0.792. The molecule has 0 N–H and O–H groups in total. The molecule has 0 heterocycles. The maximum atomic E-state index is 3.48. The van der Waals surface area contributed by atoms with Crippen LogP contribution in [0.5, 0.6) is 0 Å². The maximum absolute atomic E-state index is 3.48. The molecule has 0 bridgehead atoms. The van der Waals surface area contributed by atoms with E-state index in [0.717, 1.165) is 125 Å². The SMILES string of the molecule is CC1CCC(C2CCC(N(C3CCC(C)CC3)C3CC(N(C4CCC(C)CC4)C4CCC(C5CCC(C)CC5)CC4)CC(N(C4CCC(C)CC4)C4CCC(C5CCC(C)CC5)CC4)C3)CC2)CC1.